The van der Waals surface area contributed by atoms with Crippen LogP contribution in [0.2, 0.25) is 0 Å². The number of carboxylic acid groups (broad SMARTS) is 2. The van der Waals surface area contributed by atoms with Gasteiger partial charge in [-0.25, -0.2) is 9.59 Å². The maximum atomic E-state index is 12.0. The number of hydrogen-bond acceptors (Lipinski definition) is 4. The lowest BCUT2D eigenvalue weighted by molar-refractivity contribution is -0.274. The van der Waals surface area contributed by atoms with Gasteiger partial charge in [0.05, 0.1) is 0 Å². The first-order valence-corrected chi connectivity index (χ1v) is 5.40. The predicted molar refractivity (Wildman–Crippen MR) is 64.7 cm³/mol. The van der Waals surface area contributed by atoms with E-state index in [0.29, 0.717) is 0 Å². The van der Waals surface area contributed by atoms with E-state index in [-0.39, 0.29) is 11.4 Å². The molecule has 0 amide bonds. The third-order valence-corrected chi connectivity index (χ3v) is 2.22. The zero-order valence-electron chi connectivity index (χ0n) is 10.6. The van der Waals surface area contributed by atoms with Gasteiger partial charge in [0.25, 0.3) is 0 Å². The number of hydrogen-bond donors (Lipinski definition) is 3. The number of ether oxygens (including phenoxy) is 1. The van der Waals surface area contributed by atoms with Crippen LogP contribution < -0.4 is 10.1 Å². The summed E-state index contributed by atoms with van der Waals surface area (Å²) in [6.07, 6.45) is -4.81. The van der Waals surface area contributed by atoms with Crippen molar-refractivity contribution in [2.24, 2.45) is 0 Å². The van der Waals surface area contributed by atoms with Gasteiger partial charge in [0.1, 0.15) is 5.75 Å². The fourth-order valence-corrected chi connectivity index (χ4v) is 1.43. The fourth-order valence-electron chi connectivity index (χ4n) is 1.43. The summed E-state index contributed by atoms with van der Waals surface area (Å²) in [5, 5.41) is 20.0. The number of rotatable bonds is 5. The van der Waals surface area contributed by atoms with Crippen LogP contribution in [0.5, 0.6) is 5.75 Å². The van der Waals surface area contributed by atoms with Crippen molar-refractivity contribution in [1.82, 2.24) is 0 Å². The number of anilines is 1. The van der Waals surface area contributed by atoms with E-state index >= 15 is 0 Å². The van der Waals surface area contributed by atoms with Crippen LogP contribution in [0.4, 0.5) is 18.9 Å². The maximum Gasteiger partial charge on any atom is 0.573 e. The summed E-state index contributed by atoms with van der Waals surface area (Å²) in [5.41, 5.74) is -0.827. The van der Waals surface area contributed by atoms with E-state index < -0.39 is 29.6 Å². The maximum absolute atomic E-state index is 12.0. The van der Waals surface area contributed by atoms with Crippen LogP contribution in [0, 0.1) is 0 Å². The topological polar surface area (TPSA) is 95.9 Å². The molecule has 3 N–H and O–H groups in total. The monoisotopic (exact) mass is 305 g/mol. The van der Waals surface area contributed by atoms with Gasteiger partial charge in [0.2, 0.25) is 0 Å². The van der Waals surface area contributed by atoms with E-state index in [2.05, 4.69) is 10.1 Å². The normalized spacial score (nSPS) is 10.7. The molecule has 0 fully saturated rings. The molecule has 0 heterocycles. The van der Waals surface area contributed by atoms with Gasteiger partial charge in [-0.05, 0) is 31.2 Å². The first-order valence-electron chi connectivity index (χ1n) is 5.40. The molecule has 0 saturated carbocycles. The minimum Gasteiger partial charge on any atom is -0.477 e. The summed E-state index contributed by atoms with van der Waals surface area (Å²) in [4.78, 5) is 21.5. The minimum atomic E-state index is -4.81. The average Bonchev–Trinajstić information content (AvgIpc) is 2.28. The van der Waals surface area contributed by atoms with E-state index in [4.69, 9.17) is 10.2 Å². The Morgan fingerprint density at radius 2 is 1.57 bits per heavy atom. The Bertz CT molecular complexity index is 562. The molecule has 1 rings (SSSR count). The molecule has 0 atom stereocenters. The standard InChI is InChI=1S/C12H10F3NO5/c1-6(9(10(17)18)11(19)20)16-7-2-4-8(5-3-7)21-12(13,14)15/h2-5,16H,1H3,(H,17,18)(H,19,20). The summed E-state index contributed by atoms with van der Waals surface area (Å²) in [7, 11) is 0. The molecule has 21 heavy (non-hydrogen) atoms. The van der Waals surface area contributed by atoms with Gasteiger partial charge in [-0.2, -0.15) is 0 Å². The van der Waals surface area contributed by atoms with E-state index in [1.165, 1.54) is 19.1 Å². The Morgan fingerprint density at radius 3 is 1.95 bits per heavy atom. The number of halogens is 3. The lowest BCUT2D eigenvalue weighted by atomic mass is 10.2. The van der Waals surface area contributed by atoms with Crippen molar-refractivity contribution in [3.8, 4) is 5.75 Å². The number of aliphatic carboxylic acids is 2. The van der Waals surface area contributed by atoms with Crippen LogP contribution in [-0.2, 0) is 9.59 Å². The van der Waals surface area contributed by atoms with Gasteiger partial charge >= 0.3 is 18.3 Å². The van der Waals surface area contributed by atoms with Crippen molar-refractivity contribution in [2.45, 2.75) is 13.3 Å². The summed E-state index contributed by atoms with van der Waals surface area (Å²) >= 11 is 0. The van der Waals surface area contributed by atoms with Gasteiger partial charge in [0.15, 0.2) is 5.57 Å². The molecule has 0 unspecified atom stereocenters. The second-order valence-corrected chi connectivity index (χ2v) is 3.81. The highest BCUT2D eigenvalue weighted by Gasteiger charge is 2.31. The molecule has 6 nitrogen and oxygen atoms in total. The average molecular weight is 305 g/mol. The fraction of sp³-hybridized carbons (Fsp3) is 0.167. The molecule has 0 aliphatic carbocycles. The van der Waals surface area contributed by atoms with Crippen molar-refractivity contribution in [3.05, 3.63) is 35.5 Å². The molecule has 0 spiro atoms. The first-order chi connectivity index (χ1) is 9.60. The molecule has 114 valence electrons. The number of allylic oxidation sites excluding steroid dienone is 1. The third-order valence-electron chi connectivity index (χ3n) is 2.22. The molecule has 1 aromatic rings. The second kappa shape index (κ2) is 6.16. The molecule has 0 aromatic heterocycles. The predicted octanol–water partition coefficient (Wildman–Crippen LogP) is 2.44. The second-order valence-electron chi connectivity index (χ2n) is 3.81. The zero-order chi connectivity index (χ0) is 16.2. The largest absolute Gasteiger partial charge is 0.573 e. The summed E-state index contributed by atoms with van der Waals surface area (Å²) in [6, 6.07) is 4.38. The van der Waals surface area contributed by atoms with Crippen molar-refractivity contribution >= 4 is 17.6 Å². The quantitative estimate of drug-likeness (QED) is 0.439. The Morgan fingerprint density at radius 1 is 1.10 bits per heavy atom. The van der Waals surface area contributed by atoms with Gasteiger partial charge in [-0.1, -0.05) is 0 Å². The van der Waals surface area contributed by atoms with E-state index in [1.54, 1.807) is 0 Å². The summed E-state index contributed by atoms with van der Waals surface area (Å²) in [5.74, 6) is -3.72. The Hall–Kier alpha value is -2.71. The number of alkyl halides is 3. The molecule has 0 aliphatic rings. The molecule has 0 aliphatic heterocycles. The van der Waals surface area contributed by atoms with E-state index in [0.717, 1.165) is 12.1 Å². The van der Waals surface area contributed by atoms with Gasteiger partial charge < -0.3 is 20.3 Å². The number of benzene rings is 1. The van der Waals surface area contributed by atoms with Gasteiger partial charge in [0, 0.05) is 11.4 Å². The van der Waals surface area contributed by atoms with Crippen LogP contribution in [0.25, 0.3) is 0 Å². The lowest BCUT2D eigenvalue weighted by Crippen LogP contribution is -2.17. The molecule has 9 heteroatoms. The van der Waals surface area contributed by atoms with Crippen LogP contribution in [-0.4, -0.2) is 28.5 Å². The zero-order valence-corrected chi connectivity index (χ0v) is 10.6. The van der Waals surface area contributed by atoms with Crippen LogP contribution in [0.15, 0.2) is 35.5 Å². The highest BCUT2D eigenvalue weighted by molar-refractivity contribution is 6.13. The van der Waals surface area contributed by atoms with Crippen LogP contribution in [0.1, 0.15) is 6.92 Å². The summed E-state index contributed by atoms with van der Waals surface area (Å²) < 4.78 is 39.5. The van der Waals surface area contributed by atoms with E-state index in [9.17, 15) is 22.8 Å². The van der Waals surface area contributed by atoms with Crippen molar-refractivity contribution in [1.29, 1.82) is 0 Å². The number of nitrogens with one attached hydrogen (secondary N) is 1. The molecular weight excluding hydrogens is 295 g/mol. The highest BCUT2D eigenvalue weighted by Crippen LogP contribution is 2.24. The number of carboxylic acids is 2. The Labute approximate surface area is 116 Å². The highest BCUT2D eigenvalue weighted by atomic mass is 19.4. The smallest absolute Gasteiger partial charge is 0.477 e. The molecular formula is C12H10F3NO5. The number of carbonyl (C=O) groups is 2. The Balaban J connectivity index is 2.91. The Kier molecular flexibility index (Phi) is 4.79. The SMILES string of the molecule is CC(Nc1ccc(OC(F)(F)F)cc1)=C(C(=O)O)C(=O)O. The molecule has 0 saturated heterocycles. The van der Waals surface area contributed by atoms with Crippen LogP contribution in [0.3, 0.4) is 0 Å². The lowest BCUT2D eigenvalue weighted by Gasteiger charge is -2.11. The third kappa shape index (κ3) is 5.05. The van der Waals surface area contributed by atoms with Crippen LogP contribution >= 0.6 is 0 Å². The van der Waals surface area contributed by atoms with Gasteiger partial charge in [-0.15, -0.1) is 13.2 Å². The first kappa shape index (κ1) is 16.3. The van der Waals surface area contributed by atoms with E-state index in [1.807, 2.05) is 0 Å². The molecule has 0 radical (unpaired) electrons. The summed E-state index contributed by atoms with van der Waals surface area (Å²) in [6.45, 7) is 1.22. The minimum absolute atomic E-state index is 0.167. The van der Waals surface area contributed by atoms with Crippen molar-refractivity contribution < 1.29 is 37.7 Å². The van der Waals surface area contributed by atoms with Crippen molar-refractivity contribution in [3.63, 3.8) is 0 Å². The van der Waals surface area contributed by atoms with Crippen molar-refractivity contribution in [2.75, 3.05) is 5.32 Å². The molecule has 0 bridgehead atoms. The van der Waals surface area contributed by atoms with Gasteiger partial charge in [-0.3, -0.25) is 0 Å². The molecule has 1 aromatic carbocycles.